The Morgan fingerprint density at radius 1 is 1.18 bits per heavy atom. The molecule has 0 aromatic rings. The summed E-state index contributed by atoms with van der Waals surface area (Å²) in [6.45, 7) is 3.51. The van der Waals surface area contributed by atoms with Crippen LogP contribution in [0.1, 0.15) is 46.0 Å². The van der Waals surface area contributed by atoms with Gasteiger partial charge in [-0.3, -0.25) is 4.79 Å². The van der Waals surface area contributed by atoms with Crippen LogP contribution in [-0.2, 0) is 14.3 Å². The van der Waals surface area contributed by atoms with Crippen LogP contribution in [0.2, 0.25) is 0 Å². The average Bonchev–Trinajstić information content (AvgIpc) is 2.48. The normalized spacial score (nSPS) is 33.5. The summed E-state index contributed by atoms with van der Waals surface area (Å²) in [5.74, 6) is -0.378. The minimum Gasteiger partial charge on any atom is -0.433 e. The van der Waals surface area contributed by atoms with Gasteiger partial charge in [0.15, 0.2) is 0 Å². The molecule has 1 saturated heterocycles. The molecule has 0 aliphatic carbocycles. The summed E-state index contributed by atoms with van der Waals surface area (Å²) < 4.78 is 10.2. The largest absolute Gasteiger partial charge is 0.433 e. The maximum Gasteiger partial charge on any atom is 0.308 e. The molecule has 1 aliphatic heterocycles. The molecule has 1 heterocycles. The zero-order valence-electron chi connectivity index (χ0n) is 13.2. The van der Waals surface area contributed by atoms with Crippen LogP contribution < -0.4 is 0 Å². The third kappa shape index (κ3) is 5.48. The summed E-state index contributed by atoms with van der Waals surface area (Å²) in [6.07, 6.45) is -2.61. The topological polar surface area (TPSA) is 116 Å². The first-order chi connectivity index (χ1) is 10.4. The molecule has 1 rings (SSSR count). The van der Waals surface area contributed by atoms with Crippen molar-refractivity contribution in [1.82, 2.24) is 0 Å². The van der Waals surface area contributed by atoms with Crippen molar-refractivity contribution in [3.63, 3.8) is 0 Å². The highest BCUT2D eigenvalue weighted by molar-refractivity contribution is 5.69. The second-order valence-corrected chi connectivity index (χ2v) is 5.99. The summed E-state index contributed by atoms with van der Waals surface area (Å²) in [5.41, 5.74) is 0. The zero-order valence-corrected chi connectivity index (χ0v) is 13.2. The minimum absolute atomic E-state index is 0.156. The molecule has 130 valence electrons. The molecule has 0 amide bonds. The number of carbonyl (C=O) groups is 1. The molecule has 7 heteroatoms. The van der Waals surface area contributed by atoms with E-state index in [4.69, 9.17) is 14.6 Å². The molecular weight excluding hydrogens is 292 g/mol. The van der Waals surface area contributed by atoms with E-state index in [0.717, 1.165) is 25.7 Å². The van der Waals surface area contributed by atoms with Crippen molar-refractivity contribution in [3.8, 4) is 0 Å². The average molecular weight is 320 g/mol. The molecule has 1 unspecified atom stereocenters. The first kappa shape index (κ1) is 19.3. The fourth-order valence-corrected chi connectivity index (χ4v) is 2.47. The van der Waals surface area contributed by atoms with E-state index in [-0.39, 0.29) is 12.3 Å². The Morgan fingerprint density at radius 3 is 2.45 bits per heavy atom. The molecule has 1 fully saturated rings. The first-order valence-electron chi connectivity index (χ1n) is 7.90. The molecule has 6 atom stereocenters. The van der Waals surface area contributed by atoms with E-state index in [1.807, 2.05) is 6.92 Å². The lowest BCUT2D eigenvalue weighted by atomic mass is 9.99. The second kappa shape index (κ2) is 9.42. The lowest BCUT2D eigenvalue weighted by Crippen LogP contribution is -2.59. The number of esters is 1. The van der Waals surface area contributed by atoms with E-state index in [1.54, 1.807) is 0 Å². The third-order valence-electron chi connectivity index (χ3n) is 3.91. The van der Waals surface area contributed by atoms with E-state index >= 15 is 0 Å². The highest BCUT2D eigenvalue weighted by Crippen LogP contribution is 2.23. The van der Waals surface area contributed by atoms with E-state index in [1.165, 1.54) is 0 Å². The third-order valence-corrected chi connectivity index (χ3v) is 3.91. The molecule has 22 heavy (non-hydrogen) atoms. The molecule has 0 bridgehead atoms. The van der Waals surface area contributed by atoms with E-state index in [0.29, 0.717) is 0 Å². The van der Waals surface area contributed by atoms with Crippen LogP contribution in [0.25, 0.3) is 0 Å². The molecule has 1 aliphatic rings. The lowest BCUT2D eigenvalue weighted by Gasteiger charge is -2.39. The fourth-order valence-electron chi connectivity index (χ4n) is 2.47. The molecule has 0 aromatic carbocycles. The molecule has 0 radical (unpaired) electrons. The predicted octanol–water partition coefficient (Wildman–Crippen LogP) is -0.0640. The summed E-state index contributed by atoms with van der Waals surface area (Å²) in [5, 5.41) is 38.1. The summed E-state index contributed by atoms with van der Waals surface area (Å²) in [4.78, 5) is 11.9. The predicted molar refractivity (Wildman–Crippen MR) is 77.8 cm³/mol. The Labute approximate surface area is 130 Å². The maximum absolute atomic E-state index is 11.9. The molecule has 7 nitrogen and oxygen atoms in total. The van der Waals surface area contributed by atoms with Crippen molar-refractivity contribution in [2.24, 2.45) is 5.92 Å². The number of carbonyl (C=O) groups excluding carboxylic acids is 1. The van der Waals surface area contributed by atoms with Crippen LogP contribution in [0.4, 0.5) is 0 Å². The van der Waals surface area contributed by atoms with Crippen molar-refractivity contribution in [2.75, 3.05) is 6.61 Å². The Bertz CT molecular complexity index is 334. The zero-order chi connectivity index (χ0) is 16.7. The Balaban J connectivity index is 2.45. The minimum atomic E-state index is -1.54. The quantitative estimate of drug-likeness (QED) is 0.365. The molecule has 0 spiro atoms. The Hall–Kier alpha value is -0.730. The molecule has 0 saturated carbocycles. The number of hydrogen-bond acceptors (Lipinski definition) is 7. The highest BCUT2D eigenvalue weighted by Gasteiger charge is 2.45. The van der Waals surface area contributed by atoms with Gasteiger partial charge in [0, 0.05) is 6.42 Å². The van der Waals surface area contributed by atoms with Crippen LogP contribution >= 0.6 is 0 Å². The van der Waals surface area contributed by atoms with Crippen molar-refractivity contribution in [1.29, 1.82) is 0 Å². The van der Waals surface area contributed by atoms with Crippen LogP contribution in [0.15, 0.2) is 0 Å². The molecular formula is C15H28O7. The van der Waals surface area contributed by atoms with Gasteiger partial charge < -0.3 is 29.9 Å². The van der Waals surface area contributed by atoms with Crippen molar-refractivity contribution >= 4 is 5.97 Å². The number of aliphatic hydroxyl groups is 4. The van der Waals surface area contributed by atoms with Gasteiger partial charge in [-0.2, -0.15) is 0 Å². The van der Waals surface area contributed by atoms with Crippen molar-refractivity contribution in [3.05, 3.63) is 0 Å². The number of unbranched alkanes of at least 4 members (excludes halogenated alkanes) is 2. The van der Waals surface area contributed by atoms with Crippen LogP contribution in [0, 0.1) is 5.92 Å². The second-order valence-electron chi connectivity index (χ2n) is 5.99. The Morgan fingerprint density at radius 2 is 1.86 bits per heavy atom. The monoisotopic (exact) mass is 320 g/mol. The standard InChI is InChI=1S/C15H28O7/c1-3-4-5-6-9(2)7-11(17)22-15-14(20)13(19)12(18)10(8-16)21-15/h9-10,12-16,18-20H,3-8H2,1-2H3/t9?,10-,12-,13+,14-,15-/m1/s1. The first-order valence-corrected chi connectivity index (χ1v) is 7.90. The number of aliphatic hydroxyl groups excluding tert-OH is 4. The van der Waals surface area contributed by atoms with Gasteiger partial charge in [-0.25, -0.2) is 0 Å². The highest BCUT2D eigenvalue weighted by atomic mass is 16.7. The molecule has 0 aromatic heterocycles. The van der Waals surface area contributed by atoms with E-state index < -0.39 is 43.3 Å². The smallest absolute Gasteiger partial charge is 0.308 e. The number of rotatable bonds is 8. The van der Waals surface area contributed by atoms with Gasteiger partial charge in [-0.1, -0.05) is 39.5 Å². The maximum atomic E-state index is 11.9. The number of ether oxygens (including phenoxy) is 2. The van der Waals surface area contributed by atoms with Gasteiger partial charge in [0.2, 0.25) is 6.29 Å². The van der Waals surface area contributed by atoms with E-state index in [2.05, 4.69) is 6.92 Å². The van der Waals surface area contributed by atoms with Gasteiger partial charge in [-0.15, -0.1) is 0 Å². The van der Waals surface area contributed by atoms with Crippen LogP contribution in [0.5, 0.6) is 0 Å². The van der Waals surface area contributed by atoms with E-state index in [9.17, 15) is 20.1 Å². The van der Waals surface area contributed by atoms with Gasteiger partial charge >= 0.3 is 5.97 Å². The summed E-state index contributed by atoms with van der Waals surface area (Å²) in [7, 11) is 0. The van der Waals surface area contributed by atoms with Gasteiger partial charge in [0.25, 0.3) is 0 Å². The SMILES string of the molecule is CCCCCC(C)CC(=O)O[C@H]1O[C@H](CO)[C@@H](O)[C@H](O)[C@H]1O. The van der Waals surface area contributed by atoms with Gasteiger partial charge in [-0.05, 0) is 5.92 Å². The van der Waals surface area contributed by atoms with Gasteiger partial charge in [0.1, 0.15) is 24.4 Å². The summed E-state index contributed by atoms with van der Waals surface area (Å²) >= 11 is 0. The lowest BCUT2D eigenvalue weighted by molar-refractivity contribution is -0.292. The number of hydrogen-bond donors (Lipinski definition) is 4. The van der Waals surface area contributed by atoms with Crippen molar-refractivity contribution in [2.45, 2.75) is 76.7 Å². The fraction of sp³-hybridized carbons (Fsp3) is 0.933. The van der Waals surface area contributed by atoms with Gasteiger partial charge in [0.05, 0.1) is 6.61 Å². The molecule has 4 N–H and O–H groups in total. The van der Waals surface area contributed by atoms with Crippen molar-refractivity contribution < 1.29 is 34.7 Å². The van der Waals surface area contributed by atoms with Crippen LogP contribution in [0.3, 0.4) is 0 Å². The van der Waals surface area contributed by atoms with Crippen LogP contribution in [-0.4, -0.2) is 63.7 Å². The Kier molecular flexibility index (Phi) is 8.27. The summed E-state index contributed by atoms with van der Waals surface area (Å²) in [6, 6.07) is 0.